The van der Waals surface area contributed by atoms with E-state index in [0.29, 0.717) is 18.8 Å². The van der Waals surface area contributed by atoms with Crippen molar-refractivity contribution < 1.29 is 9.32 Å². The lowest BCUT2D eigenvalue weighted by atomic mass is 9.97. The zero-order valence-electron chi connectivity index (χ0n) is 15.5. The van der Waals surface area contributed by atoms with Crippen LogP contribution < -0.4 is 5.56 Å². The van der Waals surface area contributed by atoms with Gasteiger partial charge in [-0.2, -0.15) is 0 Å². The normalized spacial score (nSPS) is 13.7. The van der Waals surface area contributed by atoms with Crippen LogP contribution in [-0.2, 0) is 30.6 Å². The number of carbonyl (C=O) groups excluding carboxylic acids is 1. The number of rotatable bonds is 5. The fraction of sp³-hybridized carbons (Fsp3) is 0.474. The predicted molar refractivity (Wildman–Crippen MR) is 103 cm³/mol. The molecule has 0 spiro atoms. The maximum atomic E-state index is 12.6. The number of hydrogen-bond acceptors (Lipinski definition) is 6. The highest BCUT2D eigenvalue weighted by Gasteiger charge is 2.20. The molecule has 0 radical (unpaired) electrons. The van der Waals surface area contributed by atoms with E-state index < -0.39 is 0 Å². The third-order valence-electron chi connectivity index (χ3n) is 4.95. The van der Waals surface area contributed by atoms with Crippen molar-refractivity contribution in [3.05, 3.63) is 44.1 Å². The second-order valence-corrected chi connectivity index (χ2v) is 8.17. The molecule has 1 N–H and O–H groups in total. The molecule has 0 unspecified atom stereocenters. The standard InChI is InChI=1S/C19H22N4O3S/c1-11-9-12(22-26-11)10-23(2)16(24)8-7-15-20-18(25)17-13-5-3-4-6-14(13)27-19(17)21-15/h9H,3-8,10H2,1-2H3,(H,20,21,25). The van der Waals surface area contributed by atoms with Gasteiger partial charge in [0.15, 0.2) is 0 Å². The Labute approximate surface area is 160 Å². The third kappa shape index (κ3) is 3.66. The van der Waals surface area contributed by atoms with Crippen molar-refractivity contribution in [1.82, 2.24) is 20.0 Å². The monoisotopic (exact) mass is 386 g/mol. The minimum absolute atomic E-state index is 0.0242. The lowest BCUT2D eigenvalue weighted by molar-refractivity contribution is -0.130. The Morgan fingerprint density at radius 2 is 2.19 bits per heavy atom. The van der Waals surface area contributed by atoms with Crippen molar-refractivity contribution in [2.75, 3.05) is 7.05 Å². The van der Waals surface area contributed by atoms with Crippen molar-refractivity contribution in [2.45, 2.75) is 52.0 Å². The molecule has 3 heterocycles. The molecule has 7 nitrogen and oxygen atoms in total. The van der Waals surface area contributed by atoms with Crippen molar-refractivity contribution in [3.8, 4) is 0 Å². The second kappa shape index (κ2) is 7.26. The second-order valence-electron chi connectivity index (χ2n) is 7.08. The van der Waals surface area contributed by atoms with E-state index in [0.717, 1.165) is 40.9 Å². The van der Waals surface area contributed by atoms with Crippen LogP contribution in [0.2, 0.25) is 0 Å². The molecule has 1 aliphatic rings. The zero-order chi connectivity index (χ0) is 19.0. The van der Waals surface area contributed by atoms with Gasteiger partial charge in [-0.15, -0.1) is 11.3 Å². The first kappa shape index (κ1) is 17.9. The number of aromatic amines is 1. The number of hydrogen-bond donors (Lipinski definition) is 1. The van der Waals surface area contributed by atoms with Crippen molar-refractivity contribution in [2.24, 2.45) is 0 Å². The number of carbonyl (C=O) groups is 1. The van der Waals surface area contributed by atoms with Crippen LogP contribution in [0.4, 0.5) is 0 Å². The highest BCUT2D eigenvalue weighted by Crippen LogP contribution is 2.33. The summed E-state index contributed by atoms with van der Waals surface area (Å²) >= 11 is 1.63. The molecule has 3 aromatic heterocycles. The van der Waals surface area contributed by atoms with Crippen molar-refractivity contribution in [1.29, 1.82) is 0 Å². The first-order valence-electron chi connectivity index (χ1n) is 9.21. The van der Waals surface area contributed by atoms with Gasteiger partial charge < -0.3 is 14.4 Å². The smallest absolute Gasteiger partial charge is 0.259 e. The molecule has 0 bridgehead atoms. The van der Waals surface area contributed by atoms with Crippen LogP contribution in [-0.4, -0.2) is 33.0 Å². The summed E-state index contributed by atoms with van der Waals surface area (Å²) in [5, 5.41) is 4.66. The molecular weight excluding hydrogens is 364 g/mol. The third-order valence-corrected chi connectivity index (χ3v) is 6.14. The Balaban J connectivity index is 1.45. The van der Waals surface area contributed by atoms with E-state index in [1.54, 1.807) is 23.3 Å². The Hall–Kier alpha value is -2.48. The minimum atomic E-state index is -0.0757. The van der Waals surface area contributed by atoms with E-state index in [1.165, 1.54) is 16.9 Å². The lowest BCUT2D eigenvalue weighted by Gasteiger charge is -2.15. The Morgan fingerprint density at radius 1 is 1.37 bits per heavy atom. The van der Waals surface area contributed by atoms with Crippen LogP contribution in [0, 0.1) is 6.92 Å². The number of nitrogens with one attached hydrogen (secondary N) is 1. The molecule has 0 aliphatic heterocycles. The summed E-state index contributed by atoms with van der Waals surface area (Å²) in [7, 11) is 1.74. The van der Waals surface area contributed by atoms with E-state index in [-0.39, 0.29) is 17.9 Å². The van der Waals surface area contributed by atoms with Crippen LogP contribution in [0.1, 0.15) is 47.0 Å². The zero-order valence-corrected chi connectivity index (χ0v) is 16.3. The topological polar surface area (TPSA) is 92.1 Å². The number of aryl methyl sites for hydroxylation is 4. The van der Waals surface area contributed by atoms with Crippen LogP contribution in [0.5, 0.6) is 0 Å². The summed E-state index contributed by atoms with van der Waals surface area (Å²) in [4.78, 5) is 36.1. The Morgan fingerprint density at radius 3 is 2.96 bits per heavy atom. The average molecular weight is 386 g/mol. The highest BCUT2D eigenvalue weighted by atomic mass is 32.1. The first-order chi connectivity index (χ1) is 13.0. The quantitative estimate of drug-likeness (QED) is 0.728. The summed E-state index contributed by atoms with van der Waals surface area (Å²) < 4.78 is 5.03. The Kier molecular flexibility index (Phi) is 4.82. The predicted octanol–water partition coefficient (Wildman–Crippen LogP) is 2.75. The molecule has 3 aromatic rings. The SMILES string of the molecule is Cc1cc(CN(C)C(=O)CCc2nc3sc4c(c3c(=O)[nH]2)CCCC4)no1. The molecule has 4 rings (SSSR count). The van der Waals surface area contributed by atoms with Gasteiger partial charge in [0, 0.05) is 30.8 Å². The van der Waals surface area contributed by atoms with E-state index in [9.17, 15) is 9.59 Å². The van der Waals surface area contributed by atoms with Crippen molar-refractivity contribution >= 4 is 27.5 Å². The molecule has 0 atom stereocenters. The summed E-state index contributed by atoms with van der Waals surface area (Å²) in [6.07, 6.45) is 5.00. The number of fused-ring (bicyclic) bond motifs is 3. The molecule has 1 amide bonds. The van der Waals surface area contributed by atoms with Gasteiger partial charge in [0.25, 0.3) is 5.56 Å². The summed E-state index contributed by atoms with van der Waals surface area (Å²) in [6, 6.07) is 1.81. The van der Waals surface area contributed by atoms with E-state index in [4.69, 9.17) is 4.52 Å². The molecule has 142 valence electrons. The molecular formula is C19H22N4O3S. The number of amides is 1. The lowest BCUT2D eigenvalue weighted by Crippen LogP contribution is -2.27. The van der Waals surface area contributed by atoms with Gasteiger partial charge in [0.1, 0.15) is 22.1 Å². The highest BCUT2D eigenvalue weighted by molar-refractivity contribution is 7.18. The van der Waals surface area contributed by atoms with Gasteiger partial charge in [-0.3, -0.25) is 9.59 Å². The minimum Gasteiger partial charge on any atom is -0.361 e. The molecule has 27 heavy (non-hydrogen) atoms. The number of aromatic nitrogens is 3. The van der Waals surface area contributed by atoms with Crippen LogP contribution >= 0.6 is 11.3 Å². The molecule has 0 fully saturated rings. The molecule has 1 aliphatic carbocycles. The fourth-order valence-corrected chi connectivity index (χ4v) is 4.85. The van der Waals surface area contributed by atoms with Gasteiger partial charge in [0.2, 0.25) is 5.91 Å². The van der Waals surface area contributed by atoms with Gasteiger partial charge in [-0.1, -0.05) is 5.16 Å². The van der Waals surface area contributed by atoms with Crippen molar-refractivity contribution in [3.63, 3.8) is 0 Å². The van der Waals surface area contributed by atoms with Crippen LogP contribution in [0.15, 0.2) is 15.4 Å². The van der Waals surface area contributed by atoms with Gasteiger partial charge >= 0.3 is 0 Å². The molecule has 8 heteroatoms. The van der Waals surface area contributed by atoms with Gasteiger partial charge in [-0.05, 0) is 38.2 Å². The number of nitrogens with zero attached hydrogens (tertiary/aromatic N) is 3. The van der Waals surface area contributed by atoms with Crippen LogP contribution in [0.3, 0.4) is 0 Å². The number of H-pyrrole nitrogens is 1. The van der Waals surface area contributed by atoms with E-state index >= 15 is 0 Å². The van der Waals surface area contributed by atoms with Crippen LogP contribution in [0.25, 0.3) is 10.2 Å². The first-order valence-corrected chi connectivity index (χ1v) is 10.0. The fourth-order valence-electron chi connectivity index (χ4n) is 3.57. The molecule has 0 saturated heterocycles. The Bertz CT molecular complexity index is 1050. The van der Waals surface area contributed by atoms with E-state index in [2.05, 4.69) is 15.1 Å². The maximum absolute atomic E-state index is 12.6. The summed E-state index contributed by atoms with van der Waals surface area (Å²) in [5.74, 6) is 1.27. The van der Waals surface area contributed by atoms with E-state index in [1.807, 2.05) is 13.0 Å². The maximum Gasteiger partial charge on any atom is 0.259 e. The summed E-state index contributed by atoms with van der Waals surface area (Å²) in [5.41, 5.74) is 1.83. The van der Waals surface area contributed by atoms with Gasteiger partial charge in [-0.25, -0.2) is 4.98 Å². The van der Waals surface area contributed by atoms with Gasteiger partial charge in [0.05, 0.1) is 11.9 Å². The molecule has 0 aromatic carbocycles. The largest absolute Gasteiger partial charge is 0.361 e. The average Bonchev–Trinajstić information content (AvgIpc) is 3.22. The summed E-state index contributed by atoms with van der Waals surface area (Å²) in [6.45, 7) is 2.22. The number of thiophene rings is 1. The molecule has 0 saturated carbocycles.